The second-order valence-electron chi connectivity index (χ2n) is 4.43. The van der Waals surface area contributed by atoms with Crippen LogP contribution in [0.2, 0.25) is 0 Å². The van der Waals surface area contributed by atoms with E-state index < -0.39 is 0 Å². The third-order valence-electron chi connectivity index (χ3n) is 2.22. The van der Waals surface area contributed by atoms with E-state index in [1.807, 2.05) is 7.05 Å². The summed E-state index contributed by atoms with van der Waals surface area (Å²) in [7, 11) is 1.91. The minimum absolute atomic E-state index is 0.360. The summed E-state index contributed by atoms with van der Waals surface area (Å²) in [4.78, 5) is 9.16. The van der Waals surface area contributed by atoms with Gasteiger partial charge in [0.15, 0.2) is 0 Å². The maximum Gasteiger partial charge on any atom is 0.134 e. The lowest BCUT2D eigenvalue weighted by atomic mass is 10.2. The quantitative estimate of drug-likeness (QED) is 0.645. The van der Waals surface area contributed by atoms with Gasteiger partial charge < -0.3 is 5.32 Å². The van der Waals surface area contributed by atoms with Gasteiger partial charge in [-0.25, -0.2) is 9.97 Å². The van der Waals surface area contributed by atoms with E-state index in [1.165, 1.54) is 0 Å². The molecule has 0 bridgehead atoms. The first-order chi connectivity index (χ1) is 7.45. The molecule has 4 heteroatoms. The van der Waals surface area contributed by atoms with Crippen LogP contribution in [0.25, 0.3) is 0 Å². The Morgan fingerprint density at radius 3 is 2.19 bits per heavy atom. The van der Waals surface area contributed by atoms with Gasteiger partial charge >= 0.3 is 0 Å². The molecular formula is C12H21N3S. The van der Waals surface area contributed by atoms with Crippen LogP contribution in [0.1, 0.15) is 45.0 Å². The van der Waals surface area contributed by atoms with Gasteiger partial charge in [-0.3, -0.25) is 0 Å². The molecule has 16 heavy (non-hydrogen) atoms. The predicted molar refractivity (Wildman–Crippen MR) is 71.4 cm³/mol. The third-order valence-corrected chi connectivity index (χ3v) is 3.31. The number of thioether (sulfide) groups is 1. The van der Waals surface area contributed by atoms with Gasteiger partial charge in [0.05, 0.1) is 0 Å². The largest absolute Gasteiger partial charge is 0.373 e. The molecular weight excluding hydrogens is 218 g/mol. The predicted octanol–water partition coefficient (Wildman–Crippen LogP) is 3.45. The first kappa shape index (κ1) is 13.3. The van der Waals surface area contributed by atoms with Gasteiger partial charge in [0.25, 0.3) is 0 Å². The number of nitrogens with zero attached hydrogens (tertiary/aromatic N) is 2. The summed E-state index contributed by atoms with van der Waals surface area (Å²) in [6.07, 6.45) is 0. The van der Waals surface area contributed by atoms with Gasteiger partial charge in [-0.1, -0.05) is 27.7 Å². The van der Waals surface area contributed by atoms with Gasteiger partial charge in [0.1, 0.15) is 16.7 Å². The summed E-state index contributed by atoms with van der Waals surface area (Å²) in [5, 5.41) is 4.78. The van der Waals surface area contributed by atoms with Crippen molar-refractivity contribution in [3.63, 3.8) is 0 Å². The highest BCUT2D eigenvalue weighted by atomic mass is 32.2. The summed E-state index contributed by atoms with van der Waals surface area (Å²) in [5.74, 6) is 2.22. The van der Waals surface area contributed by atoms with Crippen molar-refractivity contribution in [1.29, 1.82) is 0 Å². The Bertz CT molecular complexity index is 362. The van der Waals surface area contributed by atoms with E-state index in [2.05, 4.69) is 49.9 Å². The van der Waals surface area contributed by atoms with E-state index in [1.54, 1.807) is 11.8 Å². The number of hydrogen-bond donors (Lipinski definition) is 1. The van der Waals surface area contributed by atoms with Crippen LogP contribution in [0.4, 0.5) is 5.82 Å². The van der Waals surface area contributed by atoms with E-state index in [9.17, 15) is 0 Å². The average molecular weight is 239 g/mol. The number of nitrogens with one attached hydrogen (secondary N) is 1. The fraction of sp³-hybridized carbons (Fsp3) is 0.667. The summed E-state index contributed by atoms with van der Waals surface area (Å²) >= 11 is 1.80. The first-order valence-electron chi connectivity index (χ1n) is 5.68. The average Bonchev–Trinajstić information content (AvgIpc) is 2.20. The number of aromatic nitrogens is 2. The van der Waals surface area contributed by atoms with Crippen LogP contribution in [-0.2, 0) is 0 Å². The lowest BCUT2D eigenvalue weighted by Gasteiger charge is -2.14. The van der Waals surface area contributed by atoms with Crippen molar-refractivity contribution in [2.75, 3.05) is 12.4 Å². The van der Waals surface area contributed by atoms with Crippen molar-refractivity contribution in [2.45, 2.75) is 50.8 Å². The smallest absolute Gasteiger partial charge is 0.134 e. The van der Waals surface area contributed by atoms with E-state index in [4.69, 9.17) is 0 Å². The molecule has 0 amide bonds. The maximum atomic E-state index is 4.63. The van der Waals surface area contributed by atoms with Gasteiger partial charge in [-0.2, -0.15) is 0 Å². The Balaban J connectivity index is 3.19. The number of hydrogen-bond acceptors (Lipinski definition) is 4. The fourth-order valence-corrected chi connectivity index (χ4v) is 2.22. The molecule has 0 radical (unpaired) electrons. The molecule has 0 atom stereocenters. The zero-order chi connectivity index (χ0) is 12.3. The SMILES string of the molecule is CNc1nc(C(C)C)nc(SC(C)C)c1C. The van der Waals surface area contributed by atoms with Crippen molar-refractivity contribution in [3.8, 4) is 0 Å². The Kier molecular flexibility index (Phi) is 4.59. The summed E-state index contributed by atoms with van der Waals surface area (Å²) in [6.45, 7) is 10.7. The van der Waals surface area contributed by atoms with Crippen LogP contribution in [0, 0.1) is 6.92 Å². The molecule has 0 spiro atoms. The highest BCUT2D eigenvalue weighted by Gasteiger charge is 2.13. The number of rotatable bonds is 4. The molecule has 0 aliphatic carbocycles. The van der Waals surface area contributed by atoms with Crippen molar-refractivity contribution in [2.24, 2.45) is 0 Å². The van der Waals surface area contributed by atoms with Crippen LogP contribution < -0.4 is 5.32 Å². The molecule has 0 aliphatic heterocycles. The Labute approximate surface area is 102 Å². The third kappa shape index (κ3) is 3.11. The Morgan fingerprint density at radius 1 is 1.12 bits per heavy atom. The highest BCUT2D eigenvalue weighted by Crippen LogP contribution is 2.29. The zero-order valence-electron chi connectivity index (χ0n) is 11.0. The zero-order valence-corrected chi connectivity index (χ0v) is 11.8. The normalized spacial score (nSPS) is 11.2. The molecule has 1 aromatic heterocycles. The lowest BCUT2D eigenvalue weighted by Crippen LogP contribution is -2.07. The van der Waals surface area contributed by atoms with Crippen LogP contribution in [0.5, 0.6) is 0 Å². The first-order valence-corrected chi connectivity index (χ1v) is 6.56. The summed E-state index contributed by atoms with van der Waals surface area (Å²) in [6, 6.07) is 0. The number of anilines is 1. The van der Waals surface area contributed by atoms with Crippen molar-refractivity contribution in [3.05, 3.63) is 11.4 Å². The molecule has 0 aromatic carbocycles. The van der Waals surface area contributed by atoms with Gasteiger partial charge in [-0.15, -0.1) is 11.8 Å². The van der Waals surface area contributed by atoms with Crippen molar-refractivity contribution < 1.29 is 0 Å². The molecule has 1 heterocycles. The molecule has 90 valence electrons. The molecule has 3 nitrogen and oxygen atoms in total. The highest BCUT2D eigenvalue weighted by molar-refractivity contribution is 7.99. The van der Waals surface area contributed by atoms with E-state index >= 15 is 0 Å². The van der Waals surface area contributed by atoms with Crippen molar-refractivity contribution >= 4 is 17.6 Å². The van der Waals surface area contributed by atoms with Crippen LogP contribution >= 0.6 is 11.8 Å². The Morgan fingerprint density at radius 2 is 1.75 bits per heavy atom. The van der Waals surface area contributed by atoms with Gasteiger partial charge in [0, 0.05) is 23.8 Å². The molecule has 0 fully saturated rings. The topological polar surface area (TPSA) is 37.8 Å². The Hall–Kier alpha value is -0.770. The monoisotopic (exact) mass is 239 g/mol. The fourth-order valence-electron chi connectivity index (χ4n) is 1.35. The van der Waals surface area contributed by atoms with E-state index in [-0.39, 0.29) is 0 Å². The minimum Gasteiger partial charge on any atom is -0.373 e. The second-order valence-corrected chi connectivity index (χ2v) is 6.00. The molecule has 0 saturated heterocycles. The standard InChI is InChI=1S/C12H21N3S/c1-7(2)10-14-11(13-6)9(5)12(15-10)16-8(3)4/h7-8H,1-6H3,(H,13,14,15). The molecule has 0 unspecified atom stereocenters. The molecule has 1 N–H and O–H groups in total. The minimum atomic E-state index is 0.360. The molecule has 0 saturated carbocycles. The van der Waals surface area contributed by atoms with Crippen molar-refractivity contribution in [1.82, 2.24) is 9.97 Å². The lowest BCUT2D eigenvalue weighted by molar-refractivity contribution is 0.749. The summed E-state index contributed by atoms with van der Waals surface area (Å²) < 4.78 is 0. The summed E-state index contributed by atoms with van der Waals surface area (Å²) in [5.41, 5.74) is 1.14. The van der Waals surface area contributed by atoms with E-state index in [0.29, 0.717) is 11.2 Å². The van der Waals surface area contributed by atoms with Crippen LogP contribution in [0.15, 0.2) is 5.03 Å². The van der Waals surface area contributed by atoms with Crippen LogP contribution in [0.3, 0.4) is 0 Å². The maximum absolute atomic E-state index is 4.63. The van der Waals surface area contributed by atoms with E-state index in [0.717, 1.165) is 22.2 Å². The van der Waals surface area contributed by atoms with Crippen LogP contribution in [-0.4, -0.2) is 22.3 Å². The van der Waals surface area contributed by atoms with Gasteiger partial charge in [-0.05, 0) is 6.92 Å². The molecule has 1 rings (SSSR count). The molecule has 0 aliphatic rings. The second kappa shape index (κ2) is 5.53. The van der Waals surface area contributed by atoms with Gasteiger partial charge in [0.2, 0.25) is 0 Å². The molecule has 1 aromatic rings.